The number of hydrogen-bond donors (Lipinski definition) is 1. The second-order valence-electron chi connectivity index (χ2n) is 4.23. The number of aryl methyl sites for hydroxylation is 2. The van der Waals surface area contributed by atoms with Crippen LogP contribution in [0.5, 0.6) is 0 Å². The maximum absolute atomic E-state index is 12.7. The first kappa shape index (κ1) is 12.5. The van der Waals surface area contributed by atoms with E-state index in [0.29, 0.717) is 0 Å². The molecule has 1 heterocycles. The molecule has 0 saturated carbocycles. The third-order valence-electron chi connectivity index (χ3n) is 2.83. The van der Waals surface area contributed by atoms with Crippen molar-refractivity contribution in [3.05, 3.63) is 53.2 Å². The molecule has 0 atom stereocenters. The van der Waals surface area contributed by atoms with E-state index in [2.05, 4.69) is 15.3 Å². The summed E-state index contributed by atoms with van der Waals surface area (Å²) < 4.78 is 12.7. The van der Waals surface area contributed by atoms with Crippen LogP contribution >= 0.6 is 0 Å². The number of benzene rings is 1. The topological polar surface area (TPSA) is 37.8 Å². The first-order chi connectivity index (χ1) is 8.65. The minimum absolute atomic E-state index is 0.202. The van der Waals surface area contributed by atoms with E-state index in [9.17, 15) is 4.39 Å². The van der Waals surface area contributed by atoms with Gasteiger partial charge < -0.3 is 5.32 Å². The lowest BCUT2D eigenvalue weighted by Crippen LogP contribution is -2.07. The molecule has 0 amide bonds. The monoisotopic (exact) mass is 245 g/mol. The van der Waals surface area contributed by atoms with Gasteiger partial charge in [-0.1, -0.05) is 12.1 Å². The summed E-state index contributed by atoms with van der Waals surface area (Å²) in [5.74, 6) is 0.576. The van der Waals surface area contributed by atoms with Crippen LogP contribution in [0.15, 0.2) is 30.5 Å². The SMILES string of the molecule is Cc1ncc(NCCc2ccc(F)cc2)nc1C. The van der Waals surface area contributed by atoms with Gasteiger partial charge in [-0.3, -0.25) is 4.98 Å². The standard InChI is InChI=1S/C14H16FN3/c1-10-11(2)18-14(9-17-10)16-8-7-12-3-5-13(15)6-4-12/h3-6,9H,7-8H2,1-2H3,(H,16,18). The Hall–Kier alpha value is -1.97. The number of halogens is 1. The van der Waals surface area contributed by atoms with E-state index in [1.807, 2.05) is 13.8 Å². The smallest absolute Gasteiger partial charge is 0.144 e. The Bertz CT molecular complexity index is 523. The van der Waals surface area contributed by atoms with Gasteiger partial charge in [0.1, 0.15) is 11.6 Å². The summed E-state index contributed by atoms with van der Waals surface area (Å²) in [4.78, 5) is 8.63. The number of anilines is 1. The Balaban J connectivity index is 1.88. The van der Waals surface area contributed by atoms with Crippen molar-refractivity contribution in [3.63, 3.8) is 0 Å². The molecule has 18 heavy (non-hydrogen) atoms. The van der Waals surface area contributed by atoms with Crippen LogP contribution in [0.1, 0.15) is 17.0 Å². The average molecular weight is 245 g/mol. The second-order valence-corrected chi connectivity index (χ2v) is 4.23. The maximum atomic E-state index is 12.7. The van der Waals surface area contributed by atoms with Crippen molar-refractivity contribution < 1.29 is 4.39 Å². The molecule has 94 valence electrons. The van der Waals surface area contributed by atoms with Crippen molar-refractivity contribution in [3.8, 4) is 0 Å². The van der Waals surface area contributed by atoms with E-state index in [-0.39, 0.29) is 5.82 Å². The molecule has 2 aromatic rings. The fraction of sp³-hybridized carbons (Fsp3) is 0.286. The Morgan fingerprint density at radius 3 is 2.50 bits per heavy atom. The van der Waals surface area contributed by atoms with E-state index in [4.69, 9.17) is 0 Å². The molecule has 3 nitrogen and oxygen atoms in total. The molecular weight excluding hydrogens is 229 g/mol. The molecule has 1 N–H and O–H groups in total. The Morgan fingerprint density at radius 2 is 1.83 bits per heavy atom. The number of nitrogens with one attached hydrogen (secondary N) is 1. The van der Waals surface area contributed by atoms with Gasteiger partial charge in [0.15, 0.2) is 0 Å². The van der Waals surface area contributed by atoms with Crippen molar-refractivity contribution in [1.82, 2.24) is 9.97 Å². The zero-order valence-corrected chi connectivity index (χ0v) is 10.6. The minimum atomic E-state index is -0.202. The average Bonchev–Trinajstić information content (AvgIpc) is 2.36. The Kier molecular flexibility index (Phi) is 3.87. The molecular formula is C14H16FN3. The highest BCUT2D eigenvalue weighted by Crippen LogP contribution is 2.07. The van der Waals surface area contributed by atoms with Crippen LogP contribution in [0.2, 0.25) is 0 Å². The highest BCUT2D eigenvalue weighted by Gasteiger charge is 1.99. The molecule has 0 radical (unpaired) electrons. The van der Waals surface area contributed by atoms with E-state index in [1.54, 1.807) is 18.3 Å². The lowest BCUT2D eigenvalue weighted by molar-refractivity contribution is 0.627. The maximum Gasteiger partial charge on any atom is 0.144 e. The number of rotatable bonds is 4. The summed E-state index contributed by atoms with van der Waals surface area (Å²) in [6.07, 6.45) is 2.56. The molecule has 1 aromatic heterocycles. The molecule has 4 heteroatoms. The van der Waals surface area contributed by atoms with Crippen LogP contribution in [0.3, 0.4) is 0 Å². The van der Waals surface area contributed by atoms with Crippen molar-refractivity contribution in [2.75, 3.05) is 11.9 Å². The van der Waals surface area contributed by atoms with E-state index < -0.39 is 0 Å². The molecule has 0 spiro atoms. The molecule has 0 unspecified atom stereocenters. The third kappa shape index (κ3) is 3.26. The van der Waals surface area contributed by atoms with E-state index in [0.717, 1.165) is 35.7 Å². The molecule has 0 bridgehead atoms. The van der Waals surface area contributed by atoms with Crippen LogP contribution in [-0.2, 0) is 6.42 Å². The fourth-order valence-electron chi connectivity index (χ4n) is 1.61. The van der Waals surface area contributed by atoms with Crippen molar-refractivity contribution in [2.45, 2.75) is 20.3 Å². The molecule has 0 aliphatic carbocycles. The van der Waals surface area contributed by atoms with Crippen molar-refractivity contribution >= 4 is 5.82 Å². The largest absolute Gasteiger partial charge is 0.368 e. The van der Waals surface area contributed by atoms with Crippen LogP contribution in [-0.4, -0.2) is 16.5 Å². The van der Waals surface area contributed by atoms with Crippen LogP contribution in [0.25, 0.3) is 0 Å². The lowest BCUT2D eigenvalue weighted by atomic mass is 10.1. The molecule has 0 saturated heterocycles. The summed E-state index contributed by atoms with van der Waals surface area (Å²) in [6, 6.07) is 6.54. The Labute approximate surface area is 106 Å². The summed E-state index contributed by atoms with van der Waals surface area (Å²) in [6.45, 7) is 4.63. The first-order valence-corrected chi connectivity index (χ1v) is 5.94. The molecule has 0 fully saturated rings. The van der Waals surface area contributed by atoms with Crippen molar-refractivity contribution in [1.29, 1.82) is 0 Å². The minimum Gasteiger partial charge on any atom is -0.368 e. The number of hydrogen-bond acceptors (Lipinski definition) is 3. The van der Waals surface area contributed by atoms with Gasteiger partial charge in [-0.2, -0.15) is 0 Å². The summed E-state index contributed by atoms with van der Waals surface area (Å²) >= 11 is 0. The molecule has 1 aromatic carbocycles. The number of aromatic nitrogens is 2. The van der Waals surface area contributed by atoms with E-state index in [1.165, 1.54) is 12.1 Å². The highest BCUT2D eigenvalue weighted by molar-refractivity contribution is 5.33. The zero-order valence-electron chi connectivity index (χ0n) is 10.6. The van der Waals surface area contributed by atoms with Crippen LogP contribution < -0.4 is 5.32 Å². The van der Waals surface area contributed by atoms with Gasteiger partial charge in [0.05, 0.1) is 17.6 Å². The Morgan fingerprint density at radius 1 is 1.11 bits per heavy atom. The van der Waals surface area contributed by atoms with Gasteiger partial charge in [0, 0.05) is 6.54 Å². The van der Waals surface area contributed by atoms with Gasteiger partial charge in [-0.05, 0) is 38.0 Å². The lowest BCUT2D eigenvalue weighted by Gasteiger charge is -2.07. The molecule has 2 rings (SSSR count). The summed E-state index contributed by atoms with van der Waals surface area (Å²) in [5, 5.41) is 3.21. The van der Waals surface area contributed by atoms with Gasteiger partial charge >= 0.3 is 0 Å². The quantitative estimate of drug-likeness (QED) is 0.900. The van der Waals surface area contributed by atoms with Gasteiger partial charge in [-0.25, -0.2) is 9.37 Å². The third-order valence-corrected chi connectivity index (χ3v) is 2.83. The van der Waals surface area contributed by atoms with Crippen LogP contribution in [0, 0.1) is 19.7 Å². The van der Waals surface area contributed by atoms with Gasteiger partial charge in [0.25, 0.3) is 0 Å². The fourth-order valence-corrected chi connectivity index (χ4v) is 1.61. The molecule has 0 aliphatic rings. The van der Waals surface area contributed by atoms with Crippen LogP contribution in [0.4, 0.5) is 10.2 Å². The predicted octanol–water partition coefficient (Wildman–Crippen LogP) is 2.89. The van der Waals surface area contributed by atoms with Gasteiger partial charge in [0.2, 0.25) is 0 Å². The first-order valence-electron chi connectivity index (χ1n) is 5.94. The normalized spacial score (nSPS) is 10.4. The summed E-state index contributed by atoms with van der Waals surface area (Å²) in [7, 11) is 0. The zero-order chi connectivity index (χ0) is 13.0. The number of nitrogens with zero attached hydrogens (tertiary/aromatic N) is 2. The second kappa shape index (κ2) is 5.58. The molecule has 0 aliphatic heterocycles. The highest BCUT2D eigenvalue weighted by atomic mass is 19.1. The van der Waals surface area contributed by atoms with Gasteiger partial charge in [-0.15, -0.1) is 0 Å². The van der Waals surface area contributed by atoms with E-state index >= 15 is 0 Å². The summed E-state index contributed by atoms with van der Waals surface area (Å²) in [5.41, 5.74) is 2.97. The van der Waals surface area contributed by atoms with Crippen molar-refractivity contribution in [2.24, 2.45) is 0 Å². The predicted molar refractivity (Wildman–Crippen MR) is 70.1 cm³/mol.